The lowest BCUT2D eigenvalue weighted by Gasteiger charge is -2.04. The molecule has 0 spiro atoms. The van der Waals surface area contributed by atoms with Crippen molar-refractivity contribution in [2.24, 2.45) is 0 Å². The van der Waals surface area contributed by atoms with Gasteiger partial charge in [0.05, 0.1) is 11.2 Å². The molecule has 2 heterocycles. The number of rotatable bonds is 2. The van der Waals surface area contributed by atoms with Gasteiger partial charge in [0.1, 0.15) is 4.32 Å². The molecule has 0 atom stereocenters. The first-order valence-electron chi connectivity index (χ1n) is 5.95. The van der Waals surface area contributed by atoms with Crippen molar-refractivity contribution in [1.82, 2.24) is 14.5 Å². The Bertz CT molecular complexity index is 690. The minimum absolute atomic E-state index is 0.0429. The fourth-order valence-corrected chi connectivity index (χ4v) is 3.03. The average molecular weight is 301 g/mol. The maximum atomic E-state index is 11.9. The molecule has 0 saturated carbocycles. The highest BCUT2D eigenvalue weighted by Crippen LogP contribution is 2.31. The number of hydrogen-bond acceptors (Lipinski definition) is 4. The number of carbonyl (C=O) groups excluding carboxylic acids is 1. The van der Waals surface area contributed by atoms with Crippen molar-refractivity contribution in [3.8, 4) is 5.69 Å². The minimum Gasteiger partial charge on any atom is -0.306 e. The maximum absolute atomic E-state index is 11.9. The van der Waals surface area contributed by atoms with Crippen LogP contribution in [0.5, 0.6) is 0 Å². The first kappa shape index (κ1) is 13.1. The zero-order valence-corrected chi connectivity index (χ0v) is 12.3. The average Bonchev–Trinajstić information content (AvgIpc) is 3.06. The molecule has 6 heteroatoms. The van der Waals surface area contributed by atoms with Crippen molar-refractivity contribution in [2.75, 3.05) is 7.05 Å². The quantitative estimate of drug-likeness (QED) is 0.631. The number of likely N-dealkylation sites (N-methyl/N-ethyl adjacent to an activating group) is 1. The molecule has 0 N–H and O–H groups in total. The topological polar surface area (TPSA) is 38.1 Å². The molecule has 1 aromatic heterocycles. The molecule has 1 aliphatic heterocycles. The fraction of sp³-hybridized carbons (Fsp3) is 0.0714. The molecule has 3 rings (SSSR count). The normalized spacial score (nSPS) is 17.2. The summed E-state index contributed by atoms with van der Waals surface area (Å²) < 4.78 is 2.52. The minimum atomic E-state index is -0.0429. The van der Waals surface area contributed by atoms with Crippen molar-refractivity contribution in [3.05, 3.63) is 53.5 Å². The van der Waals surface area contributed by atoms with E-state index in [1.807, 2.05) is 41.1 Å². The zero-order chi connectivity index (χ0) is 14.1. The van der Waals surface area contributed by atoms with Gasteiger partial charge in [-0.05, 0) is 23.8 Å². The van der Waals surface area contributed by atoms with Crippen molar-refractivity contribution in [1.29, 1.82) is 0 Å². The first-order valence-corrected chi connectivity index (χ1v) is 7.17. The number of aromatic nitrogens is 2. The summed E-state index contributed by atoms with van der Waals surface area (Å²) in [7, 11) is 1.70. The molecule has 0 aliphatic carbocycles. The number of imidazole rings is 1. The molecule has 1 aromatic carbocycles. The van der Waals surface area contributed by atoms with Gasteiger partial charge in [0, 0.05) is 25.1 Å². The molecule has 4 nitrogen and oxygen atoms in total. The van der Waals surface area contributed by atoms with Gasteiger partial charge < -0.3 is 4.57 Å². The first-order chi connectivity index (χ1) is 9.65. The van der Waals surface area contributed by atoms with E-state index in [4.69, 9.17) is 12.2 Å². The molecular weight excluding hydrogens is 290 g/mol. The second-order valence-electron chi connectivity index (χ2n) is 4.30. The molecule has 0 radical (unpaired) electrons. The van der Waals surface area contributed by atoms with Gasteiger partial charge in [0.2, 0.25) is 0 Å². The molecule has 20 heavy (non-hydrogen) atoms. The second kappa shape index (κ2) is 5.22. The van der Waals surface area contributed by atoms with Gasteiger partial charge >= 0.3 is 0 Å². The summed E-state index contributed by atoms with van der Waals surface area (Å²) in [6.07, 6.45) is 7.23. The van der Waals surface area contributed by atoms with Crippen LogP contribution in [0.2, 0.25) is 0 Å². The van der Waals surface area contributed by atoms with Crippen LogP contribution in [-0.2, 0) is 4.79 Å². The van der Waals surface area contributed by atoms with Crippen LogP contribution in [0.3, 0.4) is 0 Å². The van der Waals surface area contributed by atoms with Crippen LogP contribution in [0, 0.1) is 0 Å². The van der Waals surface area contributed by atoms with Crippen molar-refractivity contribution in [2.45, 2.75) is 0 Å². The Hall–Kier alpha value is -1.92. The number of nitrogens with zero attached hydrogens (tertiary/aromatic N) is 3. The molecule has 1 amide bonds. The summed E-state index contributed by atoms with van der Waals surface area (Å²) in [5, 5.41) is 0. The number of hydrogen-bond donors (Lipinski definition) is 0. The van der Waals surface area contributed by atoms with Gasteiger partial charge in [-0.1, -0.05) is 36.1 Å². The summed E-state index contributed by atoms with van der Waals surface area (Å²) in [6, 6.07) is 7.91. The molecule has 1 fully saturated rings. The fourth-order valence-electron chi connectivity index (χ4n) is 1.85. The Morgan fingerprint density at radius 2 is 2.05 bits per heavy atom. The van der Waals surface area contributed by atoms with Gasteiger partial charge in [-0.25, -0.2) is 4.98 Å². The Morgan fingerprint density at radius 1 is 1.30 bits per heavy atom. The Morgan fingerprint density at radius 3 is 2.60 bits per heavy atom. The number of amides is 1. The monoisotopic (exact) mass is 301 g/mol. The van der Waals surface area contributed by atoms with E-state index in [0.717, 1.165) is 11.3 Å². The molecule has 0 bridgehead atoms. The molecular formula is C14H11N3OS2. The lowest BCUT2D eigenvalue weighted by atomic mass is 10.2. The van der Waals surface area contributed by atoms with Gasteiger partial charge in [-0.3, -0.25) is 9.69 Å². The van der Waals surface area contributed by atoms with E-state index < -0.39 is 0 Å². The van der Waals surface area contributed by atoms with Gasteiger partial charge in [-0.15, -0.1) is 0 Å². The lowest BCUT2D eigenvalue weighted by molar-refractivity contribution is -0.121. The van der Waals surface area contributed by atoms with Crippen LogP contribution in [0.4, 0.5) is 0 Å². The standard InChI is InChI=1S/C14H11N3OS2/c1-16-13(18)12(20-14(16)19)8-10-2-4-11(5-3-10)17-7-6-15-9-17/h2-9H,1H3/b12-8+. The Labute approximate surface area is 126 Å². The van der Waals surface area contributed by atoms with Crippen LogP contribution in [0.25, 0.3) is 11.8 Å². The summed E-state index contributed by atoms with van der Waals surface area (Å²) >= 11 is 6.44. The van der Waals surface area contributed by atoms with Crippen molar-refractivity contribution >= 4 is 40.3 Å². The third-order valence-electron chi connectivity index (χ3n) is 2.98. The predicted molar refractivity (Wildman–Crippen MR) is 84.5 cm³/mol. The van der Waals surface area contributed by atoms with E-state index in [0.29, 0.717) is 9.23 Å². The second-order valence-corrected chi connectivity index (χ2v) is 5.98. The molecule has 100 valence electrons. The smallest absolute Gasteiger partial charge is 0.265 e. The summed E-state index contributed by atoms with van der Waals surface area (Å²) in [6.45, 7) is 0. The summed E-state index contributed by atoms with van der Waals surface area (Å²) in [5.74, 6) is -0.0429. The number of thiocarbonyl (C=S) groups is 1. The number of carbonyl (C=O) groups is 1. The third-order valence-corrected chi connectivity index (χ3v) is 4.46. The van der Waals surface area contributed by atoms with Gasteiger partial charge in [0.15, 0.2) is 0 Å². The van der Waals surface area contributed by atoms with E-state index in [1.165, 1.54) is 16.7 Å². The van der Waals surface area contributed by atoms with Crippen LogP contribution in [-0.4, -0.2) is 31.7 Å². The maximum Gasteiger partial charge on any atom is 0.265 e. The molecule has 1 aliphatic rings. The summed E-state index contributed by atoms with van der Waals surface area (Å²) in [4.78, 5) is 18.1. The van der Waals surface area contributed by atoms with E-state index in [1.54, 1.807) is 19.6 Å². The Kier molecular flexibility index (Phi) is 3.42. The molecule has 1 saturated heterocycles. The SMILES string of the molecule is CN1C(=O)/C(=C\c2ccc(-n3ccnc3)cc2)SC1=S. The van der Waals surface area contributed by atoms with Gasteiger partial charge in [0.25, 0.3) is 5.91 Å². The zero-order valence-electron chi connectivity index (χ0n) is 10.7. The number of benzene rings is 1. The van der Waals surface area contributed by atoms with Crippen LogP contribution < -0.4 is 0 Å². The predicted octanol–water partition coefficient (Wildman–Crippen LogP) is 2.70. The largest absolute Gasteiger partial charge is 0.306 e. The van der Waals surface area contributed by atoms with E-state index >= 15 is 0 Å². The van der Waals surface area contributed by atoms with Crippen molar-refractivity contribution < 1.29 is 4.79 Å². The highest BCUT2D eigenvalue weighted by Gasteiger charge is 2.28. The van der Waals surface area contributed by atoms with Crippen LogP contribution in [0.15, 0.2) is 47.9 Å². The summed E-state index contributed by atoms with van der Waals surface area (Å²) in [5.41, 5.74) is 2.01. The van der Waals surface area contributed by atoms with Crippen LogP contribution >= 0.6 is 24.0 Å². The molecule has 0 unspecified atom stereocenters. The lowest BCUT2D eigenvalue weighted by Crippen LogP contribution is -2.22. The third kappa shape index (κ3) is 2.39. The molecule has 2 aromatic rings. The van der Waals surface area contributed by atoms with Gasteiger partial charge in [-0.2, -0.15) is 0 Å². The number of thioether (sulfide) groups is 1. The highest BCUT2D eigenvalue weighted by molar-refractivity contribution is 8.26. The highest BCUT2D eigenvalue weighted by atomic mass is 32.2. The van der Waals surface area contributed by atoms with E-state index in [9.17, 15) is 4.79 Å². The van der Waals surface area contributed by atoms with Crippen molar-refractivity contribution in [3.63, 3.8) is 0 Å². The Balaban J connectivity index is 1.86. The van der Waals surface area contributed by atoms with E-state index in [2.05, 4.69) is 4.98 Å². The van der Waals surface area contributed by atoms with E-state index in [-0.39, 0.29) is 5.91 Å². The van der Waals surface area contributed by atoms with Crippen LogP contribution in [0.1, 0.15) is 5.56 Å².